The van der Waals surface area contributed by atoms with E-state index in [0.29, 0.717) is 16.8 Å². The monoisotopic (exact) mass is 778 g/mol. The summed E-state index contributed by atoms with van der Waals surface area (Å²) in [4.78, 5) is 52.9. The molecule has 2 aromatic carbocycles. The third-order valence-corrected chi connectivity index (χ3v) is 7.41. The van der Waals surface area contributed by atoms with Gasteiger partial charge in [0.1, 0.15) is 37.4 Å². The fourth-order valence-corrected chi connectivity index (χ4v) is 4.74. The molecule has 0 aliphatic carbocycles. The summed E-state index contributed by atoms with van der Waals surface area (Å²) < 4.78 is 55.0. The summed E-state index contributed by atoms with van der Waals surface area (Å²) in [6, 6.07) is 9.30. The number of nitrogens with one attached hydrogen (secondary N) is 1. The largest absolute Gasteiger partial charge is 0.497 e. The predicted molar refractivity (Wildman–Crippen MR) is 198 cm³/mol. The maximum absolute atomic E-state index is 16.5. The Morgan fingerprint density at radius 2 is 1.73 bits per heavy atom. The van der Waals surface area contributed by atoms with E-state index in [4.69, 9.17) is 38.9 Å². The third kappa shape index (κ3) is 11.7. The summed E-state index contributed by atoms with van der Waals surface area (Å²) in [6.45, 7) is 9.13. The first kappa shape index (κ1) is 42.1. The van der Waals surface area contributed by atoms with Crippen molar-refractivity contribution in [2.45, 2.75) is 33.7 Å². The quantitative estimate of drug-likeness (QED) is 0.0257. The van der Waals surface area contributed by atoms with Gasteiger partial charge in [0.2, 0.25) is 6.79 Å². The molecule has 1 atom stereocenters. The van der Waals surface area contributed by atoms with Crippen molar-refractivity contribution in [3.8, 4) is 23.5 Å². The minimum absolute atomic E-state index is 0.00962. The molecule has 3 N–H and O–H groups in total. The summed E-state index contributed by atoms with van der Waals surface area (Å²) in [5.41, 5.74) is 6.48. The Bertz CT molecular complexity index is 2020. The highest BCUT2D eigenvalue weighted by Gasteiger charge is 2.31. The molecular weight excluding hydrogens is 735 g/mol. The fraction of sp³-hybridized carbons (Fsp3) is 0.351. The van der Waals surface area contributed by atoms with Gasteiger partial charge in [-0.2, -0.15) is 9.98 Å². The zero-order chi connectivity index (χ0) is 40.8. The second kappa shape index (κ2) is 19.6. The molecule has 1 amide bonds. The number of methoxy groups -OCH3 is 2. The van der Waals surface area contributed by atoms with Gasteiger partial charge in [-0.05, 0) is 62.7 Å². The molecule has 298 valence electrons. The summed E-state index contributed by atoms with van der Waals surface area (Å²) in [7, 11) is 2.86. The number of carbonyl (C=O) groups excluding carboxylic acids is 3. The number of hydrogen-bond acceptors (Lipinski definition) is 15. The van der Waals surface area contributed by atoms with Gasteiger partial charge in [0, 0.05) is 49.3 Å². The second-order valence-electron chi connectivity index (χ2n) is 12.6. The molecule has 0 saturated carbocycles. The third-order valence-electron chi connectivity index (χ3n) is 7.41. The zero-order valence-corrected chi connectivity index (χ0v) is 31.7. The van der Waals surface area contributed by atoms with Crippen LogP contribution in [0.15, 0.2) is 72.0 Å². The number of aliphatic imine (C=N–C) groups is 1. The normalized spacial score (nSPS) is 11.9. The van der Waals surface area contributed by atoms with Crippen molar-refractivity contribution in [1.82, 2.24) is 24.7 Å². The van der Waals surface area contributed by atoms with Crippen LogP contribution < -0.4 is 25.3 Å². The number of aromatic nitrogens is 5. The number of carbonyl (C=O) groups is 3. The maximum atomic E-state index is 16.5. The minimum atomic E-state index is -1.20. The Kier molecular flexibility index (Phi) is 14.8. The Balaban J connectivity index is 1.77. The molecule has 56 heavy (non-hydrogen) atoms. The van der Waals surface area contributed by atoms with Crippen LogP contribution in [0, 0.1) is 11.2 Å². The average Bonchev–Trinajstić information content (AvgIpc) is 3.59. The maximum Gasteiger partial charge on any atom is 0.435 e. The van der Waals surface area contributed by atoms with E-state index < -0.39 is 42.1 Å². The number of amidine groups is 1. The number of halogens is 1. The lowest BCUT2D eigenvalue weighted by Crippen LogP contribution is -2.32. The number of nitrogens with zero attached hydrogens (tertiary/aromatic N) is 6. The number of hydrogen-bond donors (Lipinski definition) is 2. The van der Waals surface area contributed by atoms with Crippen molar-refractivity contribution in [2.24, 2.45) is 16.1 Å². The highest BCUT2D eigenvalue weighted by Crippen LogP contribution is 2.36. The van der Waals surface area contributed by atoms with Crippen molar-refractivity contribution in [3.05, 3.63) is 89.8 Å². The summed E-state index contributed by atoms with van der Waals surface area (Å²) >= 11 is 0. The molecule has 4 rings (SSSR count). The van der Waals surface area contributed by atoms with Crippen LogP contribution in [0.4, 0.5) is 14.9 Å². The first-order valence-corrected chi connectivity index (χ1v) is 16.9. The van der Waals surface area contributed by atoms with Gasteiger partial charge in [-0.3, -0.25) is 9.59 Å². The van der Waals surface area contributed by atoms with E-state index in [1.165, 1.54) is 45.7 Å². The van der Waals surface area contributed by atoms with E-state index in [2.05, 4.69) is 36.9 Å². The average molecular weight is 779 g/mol. The van der Waals surface area contributed by atoms with E-state index in [1.807, 2.05) is 0 Å². The molecule has 0 aliphatic rings. The predicted octanol–water partition coefficient (Wildman–Crippen LogP) is 4.32. The van der Waals surface area contributed by atoms with Gasteiger partial charge in [-0.15, -0.1) is 9.78 Å². The Morgan fingerprint density at radius 3 is 2.38 bits per heavy atom. The first-order valence-electron chi connectivity index (χ1n) is 16.9. The molecule has 18 nitrogen and oxygen atoms in total. The number of esters is 2. The highest BCUT2D eigenvalue weighted by molar-refractivity contribution is 6.02. The number of rotatable bonds is 19. The topological polar surface area (TPSA) is 223 Å². The number of amides is 1. The van der Waals surface area contributed by atoms with Crippen LogP contribution in [0.25, 0.3) is 5.95 Å². The van der Waals surface area contributed by atoms with Gasteiger partial charge < -0.3 is 44.2 Å². The second-order valence-corrected chi connectivity index (χ2v) is 12.6. The molecule has 0 aliphatic heterocycles. The number of benzene rings is 2. The van der Waals surface area contributed by atoms with Crippen LogP contribution in [0.3, 0.4) is 0 Å². The van der Waals surface area contributed by atoms with E-state index >= 15 is 4.39 Å². The van der Waals surface area contributed by atoms with Crippen LogP contribution in [-0.2, 0) is 28.5 Å². The van der Waals surface area contributed by atoms with Gasteiger partial charge in [-0.1, -0.05) is 6.58 Å². The lowest BCUT2D eigenvalue weighted by Gasteiger charge is -2.21. The number of ether oxygens (including phenoxy) is 7. The first-order chi connectivity index (χ1) is 26.7. The van der Waals surface area contributed by atoms with Crippen LogP contribution in [0.2, 0.25) is 0 Å². The molecule has 0 spiro atoms. The van der Waals surface area contributed by atoms with Crippen LogP contribution in [0.1, 0.15) is 50.7 Å². The SMILES string of the molecule is C=C(C)COC(=O)N=C(N)c1ccc(NC(c2nc(OCOC(=O)C(C)(C)COC)n(-c3ncccn3)n2)c2cc(OC)cc(OCCOC(C)=O)c2F)cc1. The molecule has 0 fully saturated rings. The molecule has 2 heterocycles. The van der Waals surface area contributed by atoms with Gasteiger partial charge in [0.05, 0.1) is 19.1 Å². The van der Waals surface area contributed by atoms with Crippen molar-refractivity contribution < 1.29 is 51.9 Å². The zero-order valence-electron chi connectivity index (χ0n) is 31.7. The molecule has 0 radical (unpaired) electrons. The summed E-state index contributed by atoms with van der Waals surface area (Å²) in [5, 5.41) is 7.81. The summed E-state index contributed by atoms with van der Waals surface area (Å²) in [6.07, 6.45) is 2.05. The summed E-state index contributed by atoms with van der Waals surface area (Å²) in [5.74, 6) is -2.08. The lowest BCUT2D eigenvalue weighted by atomic mass is 9.95. The van der Waals surface area contributed by atoms with E-state index in [9.17, 15) is 14.4 Å². The Hall–Kier alpha value is -6.63. The molecule has 0 bridgehead atoms. The number of nitrogens with two attached hydrogens (primary N) is 1. The van der Waals surface area contributed by atoms with Crippen molar-refractivity contribution in [3.63, 3.8) is 0 Å². The molecule has 1 unspecified atom stereocenters. The van der Waals surface area contributed by atoms with Crippen LogP contribution in [0.5, 0.6) is 17.5 Å². The Labute approximate surface area is 321 Å². The van der Waals surface area contributed by atoms with Crippen molar-refractivity contribution in [1.29, 1.82) is 0 Å². The van der Waals surface area contributed by atoms with Crippen LogP contribution in [-0.4, -0.2) is 96.0 Å². The molecular formula is C37H43FN8O10. The fourth-order valence-electron chi connectivity index (χ4n) is 4.74. The van der Waals surface area contributed by atoms with E-state index in [0.717, 1.165) is 4.68 Å². The van der Waals surface area contributed by atoms with Gasteiger partial charge >= 0.3 is 24.0 Å². The van der Waals surface area contributed by atoms with Crippen molar-refractivity contribution >= 4 is 29.6 Å². The van der Waals surface area contributed by atoms with Gasteiger partial charge in [-0.25, -0.2) is 19.2 Å². The highest BCUT2D eigenvalue weighted by atomic mass is 19.1. The van der Waals surface area contributed by atoms with E-state index in [1.54, 1.807) is 51.1 Å². The smallest absolute Gasteiger partial charge is 0.435 e. The van der Waals surface area contributed by atoms with Crippen LogP contribution >= 0.6 is 0 Å². The van der Waals surface area contributed by atoms with Crippen molar-refractivity contribution in [2.75, 3.05) is 52.8 Å². The molecule has 4 aromatic rings. The van der Waals surface area contributed by atoms with Gasteiger partial charge in [0.25, 0.3) is 5.95 Å². The van der Waals surface area contributed by atoms with E-state index in [-0.39, 0.29) is 67.1 Å². The molecule has 19 heteroatoms. The molecule has 2 aromatic heterocycles. The Morgan fingerprint density at radius 1 is 1.02 bits per heavy atom. The minimum Gasteiger partial charge on any atom is -0.497 e. The van der Waals surface area contributed by atoms with Gasteiger partial charge in [0.15, 0.2) is 17.4 Å². The molecule has 0 saturated heterocycles. The number of anilines is 1. The standard InChI is InChI=1S/C37H43FN8O10/c1-22(2)19-54-36(49)43-31(39)24-9-11-25(12-10-24)42-30(27-17-26(51-7)18-28(29(27)38)53-16-15-52-23(3)47)32-44-35(46(45-32)34-40-13-8-14-41-34)56-21-55-33(48)37(4,5)20-50-6/h8-14,17-18,30,42H,1,15-16,19-21H2,2-7H3,(H2,39,43,49). The lowest BCUT2D eigenvalue weighted by molar-refractivity contribution is -0.163.